The van der Waals surface area contributed by atoms with Crippen molar-refractivity contribution in [3.63, 3.8) is 0 Å². The van der Waals surface area contributed by atoms with Crippen molar-refractivity contribution >= 4 is 0 Å². The van der Waals surface area contributed by atoms with E-state index in [9.17, 15) is 0 Å². The maximum atomic E-state index is 4.31. The van der Waals surface area contributed by atoms with Gasteiger partial charge in [0.2, 0.25) is 0 Å². The maximum absolute atomic E-state index is 4.31. The van der Waals surface area contributed by atoms with E-state index in [2.05, 4.69) is 24.3 Å². The monoisotopic (exact) mass is 207 g/mol. The van der Waals surface area contributed by atoms with E-state index in [0.29, 0.717) is 5.54 Å². The zero-order chi connectivity index (χ0) is 10.9. The van der Waals surface area contributed by atoms with Crippen molar-refractivity contribution in [2.24, 2.45) is 7.05 Å². The van der Waals surface area contributed by atoms with Gasteiger partial charge in [-0.05, 0) is 44.7 Å². The standard InChI is InChI=1S/C12H21N3/c1-4-12(6-5-7-13-12)8-11-9-14-15(3)10(11)2/h9,13H,4-8H2,1-3H3. The van der Waals surface area contributed by atoms with Gasteiger partial charge in [0.15, 0.2) is 0 Å². The van der Waals surface area contributed by atoms with Gasteiger partial charge in [0.05, 0.1) is 6.20 Å². The Labute approximate surface area is 91.9 Å². The molecule has 0 bridgehead atoms. The van der Waals surface area contributed by atoms with E-state index in [1.807, 2.05) is 17.9 Å². The molecule has 1 unspecified atom stereocenters. The lowest BCUT2D eigenvalue weighted by Crippen LogP contribution is -2.41. The lowest BCUT2D eigenvalue weighted by atomic mass is 9.87. The van der Waals surface area contributed by atoms with Gasteiger partial charge in [-0.1, -0.05) is 6.92 Å². The number of nitrogens with one attached hydrogen (secondary N) is 1. The third kappa shape index (κ3) is 1.93. The molecule has 1 N–H and O–H groups in total. The fourth-order valence-electron chi connectivity index (χ4n) is 2.53. The number of hydrogen-bond donors (Lipinski definition) is 1. The molecule has 15 heavy (non-hydrogen) atoms. The van der Waals surface area contributed by atoms with Crippen molar-refractivity contribution < 1.29 is 0 Å². The highest BCUT2D eigenvalue weighted by Crippen LogP contribution is 2.28. The molecule has 1 aliphatic heterocycles. The first-order chi connectivity index (χ1) is 7.17. The van der Waals surface area contributed by atoms with Gasteiger partial charge in [-0.2, -0.15) is 5.10 Å². The third-order valence-corrected chi connectivity index (χ3v) is 3.87. The number of aromatic nitrogens is 2. The van der Waals surface area contributed by atoms with Gasteiger partial charge >= 0.3 is 0 Å². The molecule has 0 saturated carbocycles. The van der Waals surface area contributed by atoms with Crippen LogP contribution in [0.25, 0.3) is 0 Å². The second-order valence-electron chi connectivity index (χ2n) is 4.72. The minimum atomic E-state index is 0.341. The number of hydrogen-bond acceptors (Lipinski definition) is 2. The van der Waals surface area contributed by atoms with Crippen LogP contribution in [0.1, 0.15) is 37.4 Å². The number of rotatable bonds is 3. The molecule has 0 radical (unpaired) electrons. The Hall–Kier alpha value is -0.830. The smallest absolute Gasteiger partial charge is 0.0525 e. The summed E-state index contributed by atoms with van der Waals surface area (Å²) >= 11 is 0. The quantitative estimate of drug-likeness (QED) is 0.819. The van der Waals surface area contributed by atoms with Crippen LogP contribution in [0, 0.1) is 6.92 Å². The average Bonchev–Trinajstić information content (AvgIpc) is 2.82. The predicted molar refractivity (Wildman–Crippen MR) is 61.9 cm³/mol. The fourth-order valence-corrected chi connectivity index (χ4v) is 2.53. The molecule has 1 aliphatic rings. The Morgan fingerprint density at radius 1 is 1.60 bits per heavy atom. The molecule has 0 amide bonds. The molecule has 0 aromatic carbocycles. The minimum absolute atomic E-state index is 0.341. The normalized spacial score (nSPS) is 26.1. The summed E-state index contributed by atoms with van der Waals surface area (Å²) in [6.07, 6.45) is 6.97. The summed E-state index contributed by atoms with van der Waals surface area (Å²) in [7, 11) is 2.01. The van der Waals surface area contributed by atoms with Gasteiger partial charge in [-0.15, -0.1) is 0 Å². The summed E-state index contributed by atoms with van der Waals surface area (Å²) in [5.74, 6) is 0. The largest absolute Gasteiger partial charge is 0.311 e. The van der Waals surface area contributed by atoms with Gasteiger partial charge in [-0.25, -0.2) is 0 Å². The molecule has 2 rings (SSSR count). The van der Waals surface area contributed by atoms with Crippen molar-refractivity contribution in [3.8, 4) is 0 Å². The van der Waals surface area contributed by atoms with Crippen LogP contribution in [0.15, 0.2) is 6.20 Å². The van der Waals surface area contributed by atoms with E-state index in [4.69, 9.17) is 0 Å². The molecule has 1 fully saturated rings. The third-order valence-electron chi connectivity index (χ3n) is 3.87. The second-order valence-corrected chi connectivity index (χ2v) is 4.72. The molecule has 0 aliphatic carbocycles. The topological polar surface area (TPSA) is 29.9 Å². The molecular formula is C12H21N3. The lowest BCUT2D eigenvalue weighted by molar-refractivity contribution is 0.359. The molecular weight excluding hydrogens is 186 g/mol. The van der Waals surface area contributed by atoms with E-state index >= 15 is 0 Å². The Morgan fingerprint density at radius 3 is 2.87 bits per heavy atom. The van der Waals surface area contributed by atoms with E-state index < -0.39 is 0 Å². The van der Waals surface area contributed by atoms with Gasteiger partial charge in [0, 0.05) is 18.3 Å². The Balaban J connectivity index is 2.16. The summed E-state index contributed by atoms with van der Waals surface area (Å²) in [6.45, 7) is 5.61. The number of aryl methyl sites for hydroxylation is 1. The van der Waals surface area contributed by atoms with Gasteiger partial charge in [0.1, 0.15) is 0 Å². The first-order valence-electron chi connectivity index (χ1n) is 5.89. The van der Waals surface area contributed by atoms with E-state index in [0.717, 1.165) is 6.42 Å². The van der Waals surface area contributed by atoms with Crippen molar-refractivity contribution in [2.45, 2.75) is 45.1 Å². The van der Waals surface area contributed by atoms with Crippen molar-refractivity contribution in [3.05, 3.63) is 17.5 Å². The van der Waals surface area contributed by atoms with E-state index in [-0.39, 0.29) is 0 Å². The molecule has 1 saturated heterocycles. The van der Waals surface area contributed by atoms with Crippen LogP contribution in [0.5, 0.6) is 0 Å². The average molecular weight is 207 g/mol. The summed E-state index contributed by atoms with van der Waals surface area (Å²) in [4.78, 5) is 0. The van der Waals surface area contributed by atoms with Crippen molar-refractivity contribution in [2.75, 3.05) is 6.54 Å². The van der Waals surface area contributed by atoms with E-state index in [1.54, 1.807) is 0 Å². The zero-order valence-corrected chi connectivity index (χ0v) is 10.0. The van der Waals surface area contributed by atoms with Gasteiger partial charge in [-0.3, -0.25) is 4.68 Å². The van der Waals surface area contributed by atoms with Crippen LogP contribution >= 0.6 is 0 Å². The SMILES string of the molecule is CCC1(Cc2cnn(C)c2C)CCCN1. The molecule has 3 nitrogen and oxygen atoms in total. The highest BCUT2D eigenvalue weighted by atomic mass is 15.3. The lowest BCUT2D eigenvalue weighted by Gasteiger charge is -2.28. The summed E-state index contributed by atoms with van der Waals surface area (Å²) in [6, 6.07) is 0. The van der Waals surface area contributed by atoms with Crippen LogP contribution in [0.4, 0.5) is 0 Å². The van der Waals surface area contributed by atoms with Crippen LogP contribution in [-0.4, -0.2) is 21.9 Å². The molecule has 1 aromatic heterocycles. The minimum Gasteiger partial charge on any atom is -0.311 e. The summed E-state index contributed by atoms with van der Waals surface area (Å²) < 4.78 is 1.97. The van der Waals surface area contributed by atoms with Crippen LogP contribution < -0.4 is 5.32 Å². The van der Waals surface area contributed by atoms with Crippen LogP contribution in [-0.2, 0) is 13.5 Å². The Morgan fingerprint density at radius 2 is 2.40 bits per heavy atom. The first-order valence-corrected chi connectivity index (χ1v) is 5.89. The maximum Gasteiger partial charge on any atom is 0.0525 e. The highest BCUT2D eigenvalue weighted by Gasteiger charge is 2.32. The Kier molecular flexibility index (Phi) is 2.83. The van der Waals surface area contributed by atoms with Crippen molar-refractivity contribution in [1.29, 1.82) is 0 Å². The molecule has 3 heteroatoms. The fraction of sp³-hybridized carbons (Fsp3) is 0.750. The van der Waals surface area contributed by atoms with Crippen LogP contribution in [0.2, 0.25) is 0 Å². The number of nitrogens with zero attached hydrogens (tertiary/aromatic N) is 2. The summed E-state index contributed by atoms with van der Waals surface area (Å²) in [5.41, 5.74) is 3.04. The molecule has 2 heterocycles. The van der Waals surface area contributed by atoms with Gasteiger partial charge in [0.25, 0.3) is 0 Å². The molecule has 1 atom stereocenters. The van der Waals surface area contributed by atoms with Crippen molar-refractivity contribution in [1.82, 2.24) is 15.1 Å². The van der Waals surface area contributed by atoms with Gasteiger partial charge < -0.3 is 5.32 Å². The van der Waals surface area contributed by atoms with E-state index in [1.165, 1.54) is 37.1 Å². The predicted octanol–water partition coefficient (Wildman–Crippen LogP) is 1.80. The first kappa shape index (κ1) is 10.7. The molecule has 1 aromatic rings. The van der Waals surface area contributed by atoms with Crippen LogP contribution in [0.3, 0.4) is 0 Å². The Bertz CT molecular complexity index is 335. The molecule has 0 spiro atoms. The zero-order valence-electron chi connectivity index (χ0n) is 10.0. The summed E-state index contributed by atoms with van der Waals surface area (Å²) in [5, 5.41) is 7.98. The molecule has 84 valence electrons. The second kappa shape index (κ2) is 3.97. The highest BCUT2D eigenvalue weighted by molar-refractivity contribution is 5.20.